The molecular formula is C15H26N2S. The molecule has 18 heavy (non-hydrogen) atoms. The first-order valence-corrected chi connectivity index (χ1v) is 7.68. The molecule has 0 unspecified atom stereocenters. The molecule has 0 aliphatic carbocycles. The molecule has 0 bridgehead atoms. The Bertz CT molecular complexity index is 349. The van der Waals surface area contributed by atoms with Crippen LogP contribution in [0.25, 0.3) is 0 Å². The van der Waals surface area contributed by atoms with Gasteiger partial charge in [-0.2, -0.15) is 0 Å². The molecule has 0 saturated carbocycles. The molecule has 0 aliphatic rings. The molecule has 3 heteroatoms. The van der Waals surface area contributed by atoms with Gasteiger partial charge in [0.15, 0.2) is 0 Å². The maximum Gasteiger partial charge on any atom is 0.0965 e. The smallest absolute Gasteiger partial charge is 0.0965 e. The average molecular weight is 266 g/mol. The number of unbranched alkanes of at least 4 members (excludes halogenated alkanes) is 1. The Balaban J connectivity index is 2.18. The Hall–Kier alpha value is -0.540. The van der Waals surface area contributed by atoms with Crippen molar-refractivity contribution in [3.63, 3.8) is 0 Å². The van der Waals surface area contributed by atoms with E-state index < -0.39 is 0 Å². The molecule has 0 atom stereocenters. The summed E-state index contributed by atoms with van der Waals surface area (Å²) >= 11 is 1.87. The Morgan fingerprint density at radius 2 is 1.89 bits per heavy atom. The first-order chi connectivity index (χ1) is 8.37. The van der Waals surface area contributed by atoms with Crippen molar-refractivity contribution in [2.75, 3.05) is 12.3 Å². The molecule has 0 spiro atoms. The van der Waals surface area contributed by atoms with Gasteiger partial charge in [-0.1, -0.05) is 0 Å². The monoisotopic (exact) mass is 266 g/mol. The van der Waals surface area contributed by atoms with Gasteiger partial charge in [-0.3, -0.25) is 0 Å². The van der Waals surface area contributed by atoms with Crippen LogP contribution in [0, 0.1) is 13.8 Å². The summed E-state index contributed by atoms with van der Waals surface area (Å²) in [5.41, 5.74) is 2.66. The van der Waals surface area contributed by atoms with E-state index in [0.717, 1.165) is 23.0 Å². The van der Waals surface area contributed by atoms with Gasteiger partial charge in [0, 0.05) is 11.2 Å². The number of nitrogens with zero attached hydrogens (tertiary/aromatic N) is 1. The summed E-state index contributed by atoms with van der Waals surface area (Å²) in [6.07, 6.45) is 2.47. The standard InChI is InChI=1S/C15H26N2S/c1-12-10-13(2)17-14(11-12)18-9-7-6-8-16-15(3,4)5/h10-11,16H,6-9H2,1-5H3. The minimum atomic E-state index is 0.238. The van der Waals surface area contributed by atoms with Gasteiger partial charge < -0.3 is 5.32 Å². The topological polar surface area (TPSA) is 24.9 Å². The molecule has 2 nitrogen and oxygen atoms in total. The second kappa shape index (κ2) is 7.15. The molecule has 0 aliphatic heterocycles. The van der Waals surface area contributed by atoms with Gasteiger partial charge in [0.1, 0.15) is 0 Å². The second-order valence-corrected chi connectivity index (χ2v) is 6.97. The van der Waals surface area contributed by atoms with Crippen molar-refractivity contribution in [3.05, 3.63) is 23.4 Å². The molecule has 1 aromatic rings. The van der Waals surface area contributed by atoms with Crippen LogP contribution in [-0.2, 0) is 0 Å². The first kappa shape index (κ1) is 15.5. The minimum absolute atomic E-state index is 0.238. The molecule has 1 N–H and O–H groups in total. The molecule has 102 valence electrons. The van der Waals surface area contributed by atoms with Crippen molar-refractivity contribution in [2.45, 2.75) is 58.0 Å². The molecule has 0 amide bonds. The summed E-state index contributed by atoms with van der Waals surface area (Å²) in [4.78, 5) is 4.54. The van der Waals surface area contributed by atoms with E-state index in [2.05, 4.69) is 57.1 Å². The van der Waals surface area contributed by atoms with Crippen molar-refractivity contribution < 1.29 is 0 Å². The molecule has 0 saturated heterocycles. The van der Waals surface area contributed by atoms with Gasteiger partial charge >= 0.3 is 0 Å². The number of pyridine rings is 1. The zero-order valence-electron chi connectivity index (χ0n) is 12.3. The fourth-order valence-corrected chi connectivity index (χ4v) is 2.78. The highest BCUT2D eigenvalue weighted by Crippen LogP contribution is 2.18. The average Bonchev–Trinajstić information content (AvgIpc) is 2.20. The van der Waals surface area contributed by atoms with E-state index in [-0.39, 0.29) is 5.54 Å². The zero-order valence-corrected chi connectivity index (χ0v) is 13.2. The van der Waals surface area contributed by atoms with Crippen LogP contribution in [0.4, 0.5) is 0 Å². The number of nitrogens with one attached hydrogen (secondary N) is 1. The Morgan fingerprint density at radius 1 is 1.17 bits per heavy atom. The molecule has 1 heterocycles. The lowest BCUT2D eigenvalue weighted by atomic mass is 10.1. The van der Waals surface area contributed by atoms with Gasteiger partial charge in [-0.25, -0.2) is 4.98 Å². The van der Waals surface area contributed by atoms with Gasteiger partial charge in [-0.05, 0) is 77.5 Å². The van der Waals surface area contributed by atoms with Crippen molar-refractivity contribution in [2.24, 2.45) is 0 Å². The zero-order chi connectivity index (χ0) is 13.6. The number of aromatic nitrogens is 1. The fraction of sp³-hybridized carbons (Fsp3) is 0.667. The van der Waals surface area contributed by atoms with E-state index in [1.807, 2.05) is 11.8 Å². The van der Waals surface area contributed by atoms with Gasteiger partial charge in [-0.15, -0.1) is 11.8 Å². The molecule has 0 fully saturated rings. The third-order valence-electron chi connectivity index (χ3n) is 2.55. The van der Waals surface area contributed by atoms with E-state index in [1.165, 1.54) is 18.4 Å². The Kier molecular flexibility index (Phi) is 6.16. The van der Waals surface area contributed by atoms with Gasteiger partial charge in [0.25, 0.3) is 0 Å². The number of thioether (sulfide) groups is 1. The van der Waals surface area contributed by atoms with Crippen LogP contribution in [0.15, 0.2) is 17.2 Å². The third-order valence-corrected chi connectivity index (χ3v) is 3.55. The van der Waals surface area contributed by atoms with Crippen LogP contribution in [0.1, 0.15) is 44.9 Å². The number of hydrogen-bond donors (Lipinski definition) is 1. The van der Waals surface area contributed by atoms with Crippen LogP contribution >= 0.6 is 11.8 Å². The van der Waals surface area contributed by atoms with Gasteiger partial charge in [0.05, 0.1) is 5.03 Å². The maximum atomic E-state index is 4.54. The fourth-order valence-electron chi connectivity index (χ4n) is 1.75. The normalized spacial score (nSPS) is 11.8. The lowest BCUT2D eigenvalue weighted by Gasteiger charge is -2.20. The maximum absolute atomic E-state index is 4.54. The lowest BCUT2D eigenvalue weighted by Crippen LogP contribution is -2.36. The van der Waals surface area contributed by atoms with Crippen LogP contribution in [0.2, 0.25) is 0 Å². The van der Waals surface area contributed by atoms with Gasteiger partial charge in [0.2, 0.25) is 0 Å². The van der Waals surface area contributed by atoms with E-state index in [4.69, 9.17) is 0 Å². The number of rotatable bonds is 6. The highest BCUT2D eigenvalue weighted by Gasteiger charge is 2.07. The van der Waals surface area contributed by atoms with Crippen molar-refractivity contribution in [1.29, 1.82) is 0 Å². The van der Waals surface area contributed by atoms with Crippen LogP contribution in [-0.4, -0.2) is 22.8 Å². The highest BCUT2D eigenvalue weighted by atomic mass is 32.2. The minimum Gasteiger partial charge on any atom is -0.312 e. The molecule has 0 radical (unpaired) electrons. The first-order valence-electron chi connectivity index (χ1n) is 6.70. The highest BCUT2D eigenvalue weighted by molar-refractivity contribution is 7.99. The summed E-state index contributed by atoms with van der Waals surface area (Å²) in [5, 5.41) is 4.68. The lowest BCUT2D eigenvalue weighted by molar-refractivity contribution is 0.421. The Labute approximate surface area is 116 Å². The van der Waals surface area contributed by atoms with E-state index in [0.29, 0.717) is 0 Å². The van der Waals surface area contributed by atoms with Crippen LogP contribution < -0.4 is 5.32 Å². The molecule has 0 aromatic carbocycles. The number of aryl methyl sites for hydroxylation is 2. The summed E-state index contributed by atoms with van der Waals surface area (Å²) in [6.45, 7) is 11.9. The summed E-state index contributed by atoms with van der Waals surface area (Å²) in [6, 6.07) is 4.29. The van der Waals surface area contributed by atoms with E-state index in [1.54, 1.807) is 0 Å². The second-order valence-electron chi connectivity index (χ2n) is 5.86. The predicted octanol–water partition coefficient (Wildman–Crippen LogP) is 3.96. The predicted molar refractivity (Wildman–Crippen MR) is 81.4 cm³/mol. The third kappa shape index (κ3) is 7.02. The van der Waals surface area contributed by atoms with Crippen LogP contribution in [0.3, 0.4) is 0 Å². The van der Waals surface area contributed by atoms with Crippen molar-refractivity contribution in [3.8, 4) is 0 Å². The largest absolute Gasteiger partial charge is 0.312 e. The van der Waals surface area contributed by atoms with E-state index in [9.17, 15) is 0 Å². The summed E-state index contributed by atoms with van der Waals surface area (Å²) in [7, 11) is 0. The van der Waals surface area contributed by atoms with E-state index >= 15 is 0 Å². The Morgan fingerprint density at radius 3 is 2.50 bits per heavy atom. The molecule has 1 rings (SSSR count). The SMILES string of the molecule is Cc1cc(C)nc(SCCCCNC(C)(C)C)c1. The summed E-state index contributed by atoms with van der Waals surface area (Å²) in [5.74, 6) is 1.15. The number of hydrogen-bond acceptors (Lipinski definition) is 3. The van der Waals surface area contributed by atoms with Crippen molar-refractivity contribution >= 4 is 11.8 Å². The summed E-state index contributed by atoms with van der Waals surface area (Å²) < 4.78 is 0. The molecular weight excluding hydrogens is 240 g/mol. The van der Waals surface area contributed by atoms with Crippen molar-refractivity contribution in [1.82, 2.24) is 10.3 Å². The van der Waals surface area contributed by atoms with Crippen LogP contribution in [0.5, 0.6) is 0 Å². The quantitative estimate of drug-likeness (QED) is 0.623. The molecule has 1 aromatic heterocycles.